The Balaban J connectivity index is 0.000000169. The van der Waals surface area contributed by atoms with Crippen molar-refractivity contribution in [1.29, 1.82) is 0 Å². The van der Waals surface area contributed by atoms with Crippen molar-refractivity contribution in [3.63, 3.8) is 0 Å². The fourth-order valence-corrected chi connectivity index (χ4v) is 1.37. The van der Waals surface area contributed by atoms with Crippen LogP contribution < -0.4 is 11.2 Å². The molecular formula is C12H10N4O2. The summed E-state index contributed by atoms with van der Waals surface area (Å²) in [5, 5.41) is 0.497. The molecule has 0 fully saturated rings. The van der Waals surface area contributed by atoms with E-state index < -0.39 is 5.69 Å². The van der Waals surface area contributed by atoms with E-state index in [-0.39, 0.29) is 5.56 Å². The number of fused-ring (bicyclic) bond motifs is 1. The van der Waals surface area contributed by atoms with Crippen molar-refractivity contribution < 1.29 is 0 Å². The normalized spacial score (nSPS) is 9.56. The summed E-state index contributed by atoms with van der Waals surface area (Å²) in [7, 11) is 0. The molecule has 0 aliphatic carbocycles. The first kappa shape index (κ1) is 11.7. The first-order valence-electron chi connectivity index (χ1n) is 5.19. The molecule has 90 valence electrons. The fourth-order valence-electron chi connectivity index (χ4n) is 1.37. The minimum absolute atomic E-state index is 0.352. The Bertz CT molecular complexity index is 707. The Kier molecular flexibility index (Phi) is 3.60. The molecule has 1 aromatic carbocycles. The van der Waals surface area contributed by atoms with E-state index in [1.165, 1.54) is 0 Å². The zero-order valence-corrected chi connectivity index (χ0v) is 9.33. The zero-order chi connectivity index (χ0) is 12.8. The lowest BCUT2D eigenvalue weighted by Gasteiger charge is -1.92. The molecule has 0 amide bonds. The quantitative estimate of drug-likeness (QED) is 0.606. The van der Waals surface area contributed by atoms with Gasteiger partial charge in [-0.2, -0.15) is 0 Å². The summed E-state index contributed by atoms with van der Waals surface area (Å²) in [6, 6.07) is 6.85. The zero-order valence-electron chi connectivity index (χ0n) is 9.33. The number of para-hydroxylation sites is 1. The molecule has 3 aromatic rings. The third-order valence-electron chi connectivity index (χ3n) is 2.12. The van der Waals surface area contributed by atoms with Gasteiger partial charge in [-0.15, -0.1) is 0 Å². The maximum absolute atomic E-state index is 11.1. The lowest BCUT2D eigenvalue weighted by atomic mass is 10.2. The van der Waals surface area contributed by atoms with Crippen molar-refractivity contribution in [2.24, 2.45) is 0 Å². The molecule has 0 aliphatic heterocycles. The van der Waals surface area contributed by atoms with Gasteiger partial charge in [0, 0.05) is 24.8 Å². The summed E-state index contributed by atoms with van der Waals surface area (Å²) >= 11 is 0. The average Bonchev–Trinajstić information content (AvgIpc) is 2.41. The molecule has 6 heteroatoms. The van der Waals surface area contributed by atoms with E-state index in [1.54, 1.807) is 49.1 Å². The smallest absolute Gasteiger partial charge is 0.307 e. The number of aromatic amines is 2. The van der Waals surface area contributed by atoms with Crippen LogP contribution in [0.4, 0.5) is 0 Å². The molecule has 0 bridgehead atoms. The number of rotatable bonds is 0. The van der Waals surface area contributed by atoms with Crippen molar-refractivity contribution in [2.45, 2.75) is 0 Å². The van der Waals surface area contributed by atoms with E-state index in [2.05, 4.69) is 19.9 Å². The number of hydrogen-bond acceptors (Lipinski definition) is 4. The van der Waals surface area contributed by atoms with Gasteiger partial charge in [0.05, 0.1) is 10.9 Å². The molecule has 0 atom stereocenters. The number of benzene rings is 1. The Morgan fingerprint density at radius 1 is 0.833 bits per heavy atom. The van der Waals surface area contributed by atoms with E-state index in [1.807, 2.05) is 0 Å². The summed E-state index contributed by atoms with van der Waals surface area (Å²) in [6.07, 6.45) is 6.56. The molecule has 2 aromatic heterocycles. The van der Waals surface area contributed by atoms with Crippen LogP contribution in [0.1, 0.15) is 0 Å². The van der Waals surface area contributed by atoms with Crippen LogP contribution in [0.5, 0.6) is 0 Å². The lowest BCUT2D eigenvalue weighted by Crippen LogP contribution is -2.21. The second-order valence-corrected chi connectivity index (χ2v) is 3.35. The largest absolute Gasteiger partial charge is 0.326 e. The number of H-pyrrole nitrogens is 2. The number of nitrogens with one attached hydrogen (secondary N) is 2. The van der Waals surface area contributed by atoms with Crippen molar-refractivity contribution in [3.8, 4) is 0 Å². The SMILES string of the molecule is O=c1[nH]c(=O)c2ccccc2[nH]1.c1cnccn1. The Morgan fingerprint density at radius 2 is 1.44 bits per heavy atom. The summed E-state index contributed by atoms with van der Waals surface area (Å²) in [5.41, 5.74) is -0.265. The molecule has 0 saturated carbocycles. The van der Waals surface area contributed by atoms with Gasteiger partial charge in [0.25, 0.3) is 5.56 Å². The summed E-state index contributed by atoms with van der Waals surface area (Å²) in [6.45, 7) is 0. The van der Waals surface area contributed by atoms with Crippen LogP contribution in [-0.4, -0.2) is 19.9 Å². The Labute approximate surface area is 101 Å². The molecule has 0 aliphatic rings. The predicted octanol–water partition coefficient (Wildman–Crippen LogP) is 0.693. The Hall–Kier alpha value is -2.76. The summed E-state index contributed by atoms with van der Waals surface area (Å²) in [5.74, 6) is 0. The number of hydrogen-bond donors (Lipinski definition) is 2. The first-order chi connectivity index (χ1) is 8.77. The average molecular weight is 242 g/mol. The van der Waals surface area contributed by atoms with Gasteiger partial charge < -0.3 is 4.98 Å². The Morgan fingerprint density at radius 3 is 2.06 bits per heavy atom. The van der Waals surface area contributed by atoms with Gasteiger partial charge in [-0.3, -0.25) is 19.7 Å². The van der Waals surface area contributed by atoms with Crippen LogP contribution in [-0.2, 0) is 0 Å². The molecule has 18 heavy (non-hydrogen) atoms. The standard InChI is InChI=1S/C8H6N2O2.C4H4N2/c11-7-5-3-1-2-4-6(5)9-8(12)10-7;1-2-6-4-3-5-1/h1-4H,(H2,9,10,11,12);1-4H. The number of aromatic nitrogens is 4. The summed E-state index contributed by atoms with van der Waals surface area (Å²) in [4.78, 5) is 34.0. The van der Waals surface area contributed by atoms with Crippen molar-refractivity contribution in [1.82, 2.24) is 19.9 Å². The van der Waals surface area contributed by atoms with Crippen LogP contribution >= 0.6 is 0 Å². The number of nitrogens with zero attached hydrogens (tertiary/aromatic N) is 2. The highest BCUT2D eigenvalue weighted by atomic mass is 16.2. The second-order valence-electron chi connectivity index (χ2n) is 3.35. The maximum atomic E-state index is 11.1. The summed E-state index contributed by atoms with van der Waals surface area (Å²) < 4.78 is 0. The van der Waals surface area contributed by atoms with Gasteiger partial charge in [-0.1, -0.05) is 12.1 Å². The van der Waals surface area contributed by atoms with Crippen LogP contribution in [0.3, 0.4) is 0 Å². The van der Waals surface area contributed by atoms with E-state index in [0.717, 1.165) is 0 Å². The minimum Gasteiger partial charge on any atom is -0.307 e. The first-order valence-corrected chi connectivity index (χ1v) is 5.19. The van der Waals surface area contributed by atoms with Crippen LogP contribution in [0.25, 0.3) is 10.9 Å². The molecule has 3 rings (SSSR count). The van der Waals surface area contributed by atoms with Crippen molar-refractivity contribution in [3.05, 3.63) is 69.9 Å². The highest BCUT2D eigenvalue weighted by Crippen LogP contribution is 2.01. The molecule has 0 unspecified atom stereocenters. The molecule has 6 nitrogen and oxygen atoms in total. The highest BCUT2D eigenvalue weighted by Gasteiger charge is 1.96. The van der Waals surface area contributed by atoms with Gasteiger partial charge in [0.15, 0.2) is 0 Å². The van der Waals surface area contributed by atoms with Crippen LogP contribution in [0.2, 0.25) is 0 Å². The van der Waals surface area contributed by atoms with E-state index in [0.29, 0.717) is 10.9 Å². The third-order valence-corrected chi connectivity index (χ3v) is 2.12. The minimum atomic E-state index is -0.473. The fraction of sp³-hybridized carbons (Fsp3) is 0. The monoisotopic (exact) mass is 242 g/mol. The molecule has 2 heterocycles. The van der Waals surface area contributed by atoms with Gasteiger partial charge in [-0.25, -0.2) is 4.79 Å². The van der Waals surface area contributed by atoms with Crippen molar-refractivity contribution in [2.75, 3.05) is 0 Å². The van der Waals surface area contributed by atoms with Gasteiger partial charge >= 0.3 is 5.69 Å². The van der Waals surface area contributed by atoms with Crippen LogP contribution in [0, 0.1) is 0 Å². The second kappa shape index (κ2) is 5.53. The predicted molar refractivity (Wildman–Crippen MR) is 67.2 cm³/mol. The molecular weight excluding hydrogens is 232 g/mol. The van der Waals surface area contributed by atoms with Crippen molar-refractivity contribution >= 4 is 10.9 Å². The third kappa shape index (κ3) is 2.88. The van der Waals surface area contributed by atoms with E-state index in [9.17, 15) is 9.59 Å². The molecule has 2 N–H and O–H groups in total. The topological polar surface area (TPSA) is 91.5 Å². The molecule has 0 spiro atoms. The molecule has 0 radical (unpaired) electrons. The van der Waals surface area contributed by atoms with Gasteiger partial charge in [0.1, 0.15) is 0 Å². The lowest BCUT2D eigenvalue weighted by molar-refractivity contribution is 1.08. The van der Waals surface area contributed by atoms with Gasteiger partial charge in [0.2, 0.25) is 0 Å². The molecule has 0 saturated heterocycles. The van der Waals surface area contributed by atoms with E-state index >= 15 is 0 Å². The highest BCUT2D eigenvalue weighted by molar-refractivity contribution is 5.76. The van der Waals surface area contributed by atoms with Crippen LogP contribution in [0.15, 0.2) is 58.6 Å². The van der Waals surface area contributed by atoms with E-state index in [4.69, 9.17) is 0 Å². The maximum Gasteiger partial charge on any atom is 0.326 e. The van der Waals surface area contributed by atoms with Gasteiger partial charge in [-0.05, 0) is 12.1 Å².